The van der Waals surface area contributed by atoms with Crippen LogP contribution in [0.5, 0.6) is 0 Å². The van der Waals surface area contributed by atoms with Crippen LogP contribution >= 0.6 is 0 Å². The van der Waals surface area contributed by atoms with Gasteiger partial charge < -0.3 is 10.0 Å². The van der Waals surface area contributed by atoms with Gasteiger partial charge in [-0.25, -0.2) is 14.2 Å². The van der Waals surface area contributed by atoms with E-state index in [1.807, 2.05) is 0 Å². The summed E-state index contributed by atoms with van der Waals surface area (Å²) in [4.78, 5) is 24.2. The molecule has 7 heteroatoms. The molecular weight excluding hydrogens is 241 g/mol. The number of fused-ring (bicyclic) bond motifs is 1. The van der Waals surface area contributed by atoms with Gasteiger partial charge >= 0.3 is 5.97 Å². The summed E-state index contributed by atoms with van der Waals surface area (Å²) in [5.74, 6) is -1.69. The highest BCUT2D eigenvalue weighted by atomic mass is 19.1. The van der Waals surface area contributed by atoms with E-state index >= 15 is 0 Å². The molecule has 96 valence electrons. The van der Waals surface area contributed by atoms with Gasteiger partial charge in [0.2, 0.25) is 0 Å². The molecule has 2 aliphatic heterocycles. The number of halogens is 1. The van der Waals surface area contributed by atoms with E-state index in [1.54, 1.807) is 6.92 Å². The molecule has 0 aromatic rings. The predicted molar refractivity (Wildman–Crippen MR) is 61.0 cm³/mol. The number of amidine groups is 1. The maximum atomic E-state index is 13.0. The molecule has 0 fully saturated rings. The highest BCUT2D eigenvalue weighted by Crippen LogP contribution is 2.18. The third-order valence-electron chi connectivity index (χ3n) is 2.70. The Morgan fingerprint density at radius 1 is 1.61 bits per heavy atom. The smallest absolute Gasteiger partial charge is 0.328 e. The third kappa shape index (κ3) is 2.11. The number of allylic oxidation sites excluding steroid dienone is 2. The number of carbonyl (C=O) groups is 2. The minimum Gasteiger partial charge on any atom is -0.480 e. The number of nitrogens with zero attached hydrogens (tertiary/aromatic N) is 3. The first-order valence-corrected chi connectivity index (χ1v) is 5.48. The Hall–Kier alpha value is -2.18. The molecule has 0 aromatic heterocycles. The summed E-state index contributed by atoms with van der Waals surface area (Å²) in [5, 5.41) is 13.9. The topological polar surface area (TPSA) is 73.2 Å². The normalized spacial score (nSPS) is 20.2. The van der Waals surface area contributed by atoms with Gasteiger partial charge in [0, 0.05) is 6.20 Å². The van der Waals surface area contributed by atoms with E-state index in [4.69, 9.17) is 5.11 Å². The molecule has 0 spiro atoms. The van der Waals surface area contributed by atoms with Crippen molar-refractivity contribution in [1.82, 2.24) is 9.91 Å². The first kappa shape index (κ1) is 12.3. The lowest BCUT2D eigenvalue weighted by Crippen LogP contribution is -2.51. The van der Waals surface area contributed by atoms with Gasteiger partial charge in [0.05, 0.1) is 0 Å². The van der Waals surface area contributed by atoms with Crippen molar-refractivity contribution in [2.75, 3.05) is 6.54 Å². The summed E-state index contributed by atoms with van der Waals surface area (Å²) in [6.07, 6.45) is 4.04. The average molecular weight is 253 g/mol. The molecule has 0 saturated heterocycles. The Bertz CT molecular complexity index is 484. The number of amides is 1. The summed E-state index contributed by atoms with van der Waals surface area (Å²) in [6.45, 7) is 1.55. The lowest BCUT2D eigenvalue weighted by Gasteiger charge is -2.33. The number of carboxylic acid groups (broad SMARTS) is 1. The van der Waals surface area contributed by atoms with Gasteiger partial charge in [-0.3, -0.25) is 4.79 Å². The second-order valence-corrected chi connectivity index (χ2v) is 3.93. The minimum atomic E-state index is -1.11. The number of rotatable bonds is 3. The van der Waals surface area contributed by atoms with Crippen molar-refractivity contribution >= 4 is 17.7 Å². The summed E-state index contributed by atoms with van der Waals surface area (Å²) in [6, 6.07) is -0.990. The van der Waals surface area contributed by atoms with Crippen LogP contribution in [0, 0.1) is 0 Å². The highest BCUT2D eigenvalue weighted by Gasteiger charge is 2.34. The van der Waals surface area contributed by atoms with Gasteiger partial charge in [-0.1, -0.05) is 6.92 Å². The molecular formula is C11H12FN3O3. The molecule has 0 aromatic carbocycles. The summed E-state index contributed by atoms with van der Waals surface area (Å²) >= 11 is 0. The van der Waals surface area contributed by atoms with Crippen molar-refractivity contribution in [1.29, 1.82) is 0 Å². The highest BCUT2D eigenvalue weighted by molar-refractivity contribution is 6.01. The number of carboxylic acids is 1. The van der Waals surface area contributed by atoms with Crippen LogP contribution in [0.3, 0.4) is 0 Å². The van der Waals surface area contributed by atoms with Crippen LogP contribution in [-0.2, 0) is 9.59 Å². The molecule has 2 rings (SSSR count). The average Bonchev–Trinajstić information content (AvgIpc) is 2.30. The fourth-order valence-electron chi connectivity index (χ4n) is 1.81. The Balaban J connectivity index is 2.31. The van der Waals surface area contributed by atoms with Crippen LogP contribution in [0.15, 0.2) is 29.3 Å². The van der Waals surface area contributed by atoms with Crippen molar-refractivity contribution in [3.05, 3.63) is 24.2 Å². The van der Waals surface area contributed by atoms with Gasteiger partial charge in [0.15, 0.2) is 11.9 Å². The van der Waals surface area contributed by atoms with Crippen molar-refractivity contribution < 1.29 is 19.1 Å². The molecule has 2 aliphatic rings. The maximum Gasteiger partial charge on any atom is 0.328 e. The van der Waals surface area contributed by atoms with Crippen molar-refractivity contribution in [3.63, 3.8) is 0 Å². The fraction of sp³-hybridized carbons (Fsp3) is 0.364. The van der Waals surface area contributed by atoms with Gasteiger partial charge in [-0.15, -0.1) is 0 Å². The zero-order chi connectivity index (χ0) is 13.3. The van der Waals surface area contributed by atoms with Gasteiger partial charge in [0.1, 0.15) is 12.4 Å². The van der Waals surface area contributed by atoms with Gasteiger partial charge in [-0.05, 0) is 18.6 Å². The van der Waals surface area contributed by atoms with Crippen molar-refractivity contribution in [3.8, 4) is 0 Å². The first-order chi connectivity index (χ1) is 8.52. The van der Waals surface area contributed by atoms with Crippen LogP contribution < -0.4 is 0 Å². The summed E-state index contributed by atoms with van der Waals surface area (Å²) < 4.78 is 13.0. The van der Waals surface area contributed by atoms with Crippen LogP contribution in [0.2, 0.25) is 0 Å². The Labute approximate surface area is 103 Å². The molecule has 1 N–H and O–H groups in total. The quantitative estimate of drug-likeness (QED) is 0.803. The molecule has 1 atom stereocenters. The van der Waals surface area contributed by atoms with Crippen LogP contribution in [0.1, 0.15) is 13.3 Å². The van der Waals surface area contributed by atoms with Crippen LogP contribution in [-0.4, -0.2) is 45.3 Å². The van der Waals surface area contributed by atoms with Crippen molar-refractivity contribution in [2.24, 2.45) is 5.10 Å². The number of hydrazone groups is 1. The third-order valence-corrected chi connectivity index (χ3v) is 2.70. The molecule has 0 saturated carbocycles. The molecule has 2 heterocycles. The molecule has 0 bridgehead atoms. The van der Waals surface area contributed by atoms with Gasteiger partial charge in [0.25, 0.3) is 5.91 Å². The van der Waals surface area contributed by atoms with E-state index in [0.717, 1.165) is 11.2 Å². The fourth-order valence-corrected chi connectivity index (χ4v) is 1.81. The summed E-state index contributed by atoms with van der Waals surface area (Å²) in [5.41, 5.74) is 0. The second kappa shape index (κ2) is 4.59. The summed E-state index contributed by atoms with van der Waals surface area (Å²) in [7, 11) is 0. The largest absolute Gasteiger partial charge is 0.480 e. The monoisotopic (exact) mass is 253 g/mol. The zero-order valence-electron chi connectivity index (χ0n) is 9.71. The number of aliphatic carboxylic acids is 1. The lowest BCUT2D eigenvalue weighted by atomic mass is 10.2. The van der Waals surface area contributed by atoms with Gasteiger partial charge in [-0.2, -0.15) is 5.10 Å². The van der Waals surface area contributed by atoms with E-state index in [9.17, 15) is 14.0 Å². The van der Waals surface area contributed by atoms with Crippen LogP contribution in [0.25, 0.3) is 0 Å². The SMILES string of the molecule is CCC(C(=O)O)N1N=C2C=CC(F)=CN2CC1=O. The van der Waals surface area contributed by atoms with E-state index in [2.05, 4.69) is 5.10 Å². The molecule has 0 aliphatic carbocycles. The minimum absolute atomic E-state index is 0.111. The van der Waals surface area contributed by atoms with Crippen LogP contribution in [0.4, 0.5) is 4.39 Å². The van der Waals surface area contributed by atoms with Crippen molar-refractivity contribution in [2.45, 2.75) is 19.4 Å². The Morgan fingerprint density at radius 3 is 2.94 bits per heavy atom. The standard InChI is InChI=1S/C11H12FN3O3/c1-2-8(11(17)18)15-10(16)6-14-5-7(12)3-4-9(14)13-15/h3-5,8H,2,6H2,1H3,(H,17,18). The van der Waals surface area contributed by atoms with E-state index in [0.29, 0.717) is 5.84 Å². The molecule has 0 radical (unpaired) electrons. The maximum absolute atomic E-state index is 13.0. The zero-order valence-corrected chi connectivity index (χ0v) is 9.71. The molecule has 18 heavy (non-hydrogen) atoms. The number of hydrogen-bond donors (Lipinski definition) is 1. The Morgan fingerprint density at radius 2 is 2.33 bits per heavy atom. The molecule has 1 unspecified atom stereocenters. The molecule has 1 amide bonds. The molecule has 6 nitrogen and oxygen atoms in total. The lowest BCUT2D eigenvalue weighted by molar-refractivity contribution is -0.151. The predicted octanol–water partition coefficient (Wildman–Crippen LogP) is 0.688. The Kier molecular flexibility index (Phi) is 3.14. The van der Waals surface area contributed by atoms with E-state index in [-0.39, 0.29) is 13.0 Å². The van der Waals surface area contributed by atoms with E-state index in [1.165, 1.54) is 17.1 Å². The van der Waals surface area contributed by atoms with E-state index < -0.39 is 23.7 Å². The number of carbonyl (C=O) groups excluding carboxylic acids is 1. The first-order valence-electron chi connectivity index (χ1n) is 5.48. The second-order valence-electron chi connectivity index (χ2n) is 3.93. The number of hydrogen-bond acceptors (Lipinski definition) is 4.